The molecule has 2 heterocycles. The van der Waals surface area contributed by atoms with Crippen molar-refractivity contribution >= 4 is 54.0 Å². The molecule has 0 aliphatic carbocycles. The number of benzene rings is 1. The van der Waals surface area contributed by atoms with E-state index >= 15 is 0 Å². The maximum atomic E-state index is 4.57. The van der Waals surface area contributed by atoms with Crippen molar-refractivity contribution in [1.29, 1.82) is 0 Å². The van der Waals surface area contributed by atoms with Gasteiger partial charge in [-0.25, -0.2) is 4.98 Å². The van der Waals surface area contributed by atoms with E-state index in [1.54, 1.807) is 22.7 Å². The van der Waals surface area contributed by atoms with E-state index in [2.05, 4.69) is 61.9 Å². The van der Waals surface area contributed by atoms with Gasteiger partial charge in [0.25, 0.3) is 0 Å². The van der Waals surface area contributed by atoms with Gasteiger partial charge in [-0.05, 0) is 36.1 Å². The van der Waals surface area contributed by atoms with E-state index in [1.165, 1.54) is 9.58 Å². The topological polar surface area (TPSA) is 24.9 Å². The Morgan fingerprint density at radius 3 is 3.06 bits per heavy atom. The van der Waals surface area contributed by atoms with Crippen LogP contribution in [0.2, 0.25) is 0 Å². The summed E-state index contributed by atoms with van der Waals surface area (Å²) in [5.41, 5.74) is 1.05. The summed E-state index contributed by atoms with van der Waals surface area (Å²) in [6.07, 6.45) is 1.05. The van der Waals surface area contributed by atoms with Crippen LogP contribution >= 0.6 is 38.6 Å². The number of halogens is 1. The van der Waals surface area contributed by atoms with Crippen molar-refractivity contribution in [2.75, 3.05) is 11.9 Å². The summed E-state index contributed by atoms with van der Waals surface area (Å²) in [5, 5.41) is 6.51. The SMILES string of the molecule is Brc1ccc2sc(NCCc3cccs3)nc2c1. The molecule has 92 valence electrons. The predicted molar refractivity (Wildman–Crippen MR) is 83.8 cm³/mol. The zero-order valence-electron chi connectivity index (χ0n) is 9.52. The Hall–Kier alpha value is -0.910. The number of hydrogen-bond donors (Lipinski definition) is 1. The highest BCUT2D eigenvalue weighted by molar-refractivity contribution is 9.10. The summed E-state index contributed by atoms with van der Waals surface area (Å²) in [6.45, 7) is 0.932. The van der Waals surface area contributed by atoms with Crippen molar-refractivity contribution in [1.82, 2.24) is 4.98 Å². The van der Waals surface area contributed by atoms with Crippen LogP contribution in [-0.2, 0) is 6.42 Å². The molecule has 3 aromatic rings. The van der Waals surface area contributed by atoms with E-state index in [4.69, 9.17) is 0 Å². The monoisotopic (exact) mass is 338 g/mol. The highest BCUT2D eigenvalue weighted by Crippen LogP contribution is 2.28. The molecule has 0 unspecified atom stereocenters. The molecule has 0 aliphatic heterocycles. The second kappa shape index (κ2) is 5.38. The minimum absolute atomic E-state index is 0.932. The van der Waals surface area contributed by atoms with E-state index < -0.39 is 0 Å². The number of thiophene rings is 1. The first-order chi connectivity index (χ1) is 8.81. The molecule has 1 N–H and O–H groups in total. The largest absolute Gasteiger partial charge is 0.361 e. The van der Waals surface area contributed by atoms with Crippen LogP contribution in [0, 0.1) is 0 Å². The molecule has 2 aromatic heterocycles. The van der Waals surface area contributed by atoms with Crippen LogP contribution < -0.4 is 5.32 Å². The van der Waals surface area contributed by atoms with Gasteiger partial charge in [0.2, 0.25) is 0 Å². The quantitative estimate of drug-likeness (QED) is 0.740. The molecular formula is C13H11BrN2S2. The fraction of sp³-hybridized carbons (Fsp3) is 0.154. The molecule has 0 bridgehead atoms. The van der Waals surface area contributed by atoms with Gasteiger partial charge in [0, 0.05) is 15.9 Å². The molecule has 0 saturated heterocycles. The average Bonchev–Trinajstić information content (AvgIpc) is 2.97. The summed E-state index contributed by atoms with van der Waals surface area (Å²) in [4.78, 5) is 5.98. The van der Waals surface area contributed by atoms with E-state index in [-0.39, 0.29) is 0 Å². The van der Waals surface area contributed by atoms with Crippen LogP contribution in [-0.4, -0.2) is 11.5 Å². The molecule has 1 aromatic carbocycles. The maximum Gasteiger partial charge on any atom is 0.183 e. The number of nitrogens with zero attached hydrogens (tertiary/aromatic N) is 1. The summed E-state index contributed by atoms with van der Waals surface area (Å²) < 4.78 is 2.29. The van der Waals surface area contributed by atoms with Gasteiger partial charge < -0.3 is 5.32 Å². The molecule has 0 radical (unpaired) electrons. The first kappa shape index (κ1) is 12.1. The molecular weight excluding hydrogens is 328 g/mol. The third kappa shape index (κ3) is 2.74. The zero-order valence-corrected chi connectivity index (χ0v) is 12.7. The number of rotatable bonds is 4. The van der Waals surface area contributed by atoms with Crippen LogP contribution in [0.1, 0.15) is 4.88 Å². The Labute approximate surface area is 122 Å². The Morgan fingerprint density at radius 2 is 2.22 bits per heavy atom. The first-order valence-corrected chi connectivity index (χ1v) is 8.12. The first-order valence-electron chi connectivity index (χ1n) is 5.63. The molecule has 0 fully saturated rings. The van der Waals surface area contributed by atoms with Crippen LogP contribution in [0.3, 0.4) is 0 Å². The van der Waals surface area contributed by atoms with Crippen molar-refractivity contribution in [2.24, 2.45) is 0 Å². The van der Waals surface area contributed by atoms with Crippen molar-refractivity contribution in [3.63, 3.8) is 0 Å². The number of nitrogens with one attached hydrogen (secondary N) is 1. The molecule has 0 amide bonds. The number of fused-ring (bicyclic) bond motifs is 1. The average molecular weight is 339 g/mol. The van der Waals surface area contributed by atoms with Crippen LogP contribution in [0.25, 0.3) is 10.2 Å². The molecule has 0 atom stereocenters. The fourth-order valence-electron chi connectivity index (χ4n) is 1.72. The molecule has 18 heavy (non-hydrogen) atoms. The smallest absolute Gasteiger partial charge is 0.183 e. The summed E-state index contributed by atoms with van der Waals surface area (Å²) in [5.74, 6) is 0. The van der Waals surface area contributed by atoms with E-state index in [9.17, 15) is 0 Å². The highest BCUT2D eigenvalue weighted by atomic mass is 79.9. The van der Waals surface area contributed by atoms with Crippen molar-refractivity contribution < 1.29 is 0 Å². The summed E-state index contributed by atoms with van der Waals surface area (Å²) >= 11 is 6.97. The number of aromatic nitrogens is 1. The van der Waals surface area contributed by atoms with E-state index in [0.717, 1.165) is 28.1 Å². The van der Waals surface area contributed by atoms with Gasteiger partial charge in [-0.15, -0.1) is 11.3 Å². The Balaban J connectivity index is 1.67. The van der Waals surface area contributed by atoms with Gasteiger partial charge in [0.1, 0.15) is 0 Å². The van der Waals surface area contributed by atoms with E-state index in [0.29, 0.717) is 0 Å². The maximum absolute atomic E-state index is 4.57. The number of anilines is 1. The lowest BCUT2D eigenvalue weighted by Gasteiger charge is -1.99. The van der Waals surface area contributed by atoms with E-state index in [1.807, 2.05) is 0 Å². The highest BCUT2D eigenvalue weighted by Gasteiger charge is 2.03. The summed E-state index contributed by atoms with van der Waals surface area (Å²) in [7, 11) is 0. The Kier molecular flexibility index (Phi) is 3.63. The third-order valence-electron chi connectivity index (χ3n) is 2.58. The molecule has 2 nitrogen and oxygen atoms in total. The summed E-state index contributed by atoms with van der Waals surface area (Å²) in [6, 6.07) is 10.5. The number of thiazole rings is 1. The van der Waals surface area contributed by atoms with Crippen molar-refractivity contribution in [3.8, 4) is 0 Å². The van der Waals surface area contributed by atoms with Gasteiger partial charge in [-0.2, -0.15) is 0 Å². The Bertz CT molecular complexity index is 646. The second-order valence-corrected chi connectivity index (χ2v) is 6.87. The minimum Gasteiger partial charge on any atom is -0.361 e. The fourth-order valence-corrected chi connectivity index (χ4v) is 3.65. The van der Waals surface area contributed by atoms with Crippen molar-refractivity contribution in [3.05, 3.63) is 45.1 Å². The van der Waals surface area contributed by atoms with Gasteiger partial charge in [0.15, 0.2) is 5.13 Å². The Morgan fingerprint density at radius 1 is 1.28 bits per heavy atom. The lowest BCUT2D eigenvalue weighted by Crippen LogP contribution is -2.03. The predicted octanol–water partition coefficient (Wildman–Crippen LogP) is 4.77. The van der Waals surface area contributed by atoms with Crippen LogP contribution in [0.4, 0.5) is 5.13 Å². The molecule has 0 saturated carbocycles. The second-order valence-electron chi connectivity index (χ2n) is 3.89. The molecule has 3 rings (SSSR count). The standard InChI is InChI=1S/C13H11BrN2S2/c14-9-3-4-12-11(8-9)16-13(18-12)15-6-5-10-2-1-7-17-10/h1-4,7-8H,5-6H2,(H,15,16). The van der Waals surface area contributed by atoms with Gasteiger partial charge in [0.05, 0.1) is 10.2 Å². The third-order valence-corrected chi connectivity index (χ3v) is 5.00. The molecule has 5 heteroatoms. The van der Waals surface area contributed by atoms with Gasteiger partial charge >= 0.3 is 0 Å². The number of hydrogen-bond acceptors (Lipinski definition) is 4. The van der Waals surface area contributed by atoms with Crippen LogP contribution in [0.5, 0.6) is 0 Å². The normalized spacial score (nSPS) is 10.9. The van der Waals surface area contributed by atoms with Gasteiger partial charge in [-0.3, -0.25) is 0 Å². The van der Waals surface area contributed by atoms with Gasteiger partial charge in [-0.1, -0.05) is 33.3 Å². The zero-order chi connectivity index (χ0) is 12.4. The lowest BCUT2D eigenvalue weighted by atomic mass is 10.3. The lowest BCUT2D eigenvalue weighted by molar-refractivity contribution is 1.04. The molecule has 0 aliphatic rings. The van der Waals surface area contributed by atoms with Crippen LogP contribution in [0.15, 0.2) is 40.2 Å². The minimum atomic E-state index is 0.932. The molecule has 0 spiro atoms. The van der Waals surface area contributed by atoms with Crippen molar-refractivity contribution in [2.45, 2.75) is 6.42 Å².